The molecule has 4 nitrogen and oxygen atoms in total. The van der Waals surface area contributed by atoms with Gasteiger partial charge < -0.3 is 10.6 Å². The molecule has 0 saturated heterocycles. The maximum atomic E-state index is 12.9. The maximum absolute atomic E-state index is 12.9. The summed E-state index contributed by atoms with van der Waals surface area (Å²) in [7, 11) is 0. The molecule has 0 radical (unpaired) electrons. The van der Waals surface area contributed by atoms with Crippen molar-refractivity contribution in [2.75, 3.05) is 23.1 Å². The van der Waals surface area contributed by atoms with Crippen molar-refractivity contribution in [3.05, 3.63) is 81.8 Å². The molecule has 0 bridgehead atoms. The quantitative estimate of drug-likeness (QED) is 0.378. The number of hydrogen-bond donors (Lipinski definition) is 2. The zero-order valence-corrected chi connectivity index (χ0v) is 19.3. The Hall–Kier alpha value is -2.12. The molecule has 0 unspecified atom stereocenters. The standard InChI is InChI=1S/C22H18Cl2N2O2S2/c1-29-19-9-7-13(23)11-15(19)21(27)25-17-5-3-4-6-18(17)26-22(28)16-12-14(24)8-10-20(16)30-2/h3-12H,1-2H3,(H,25,27)(H,26,28). The van der Waals surface area contributed by atoms with Crippen LogP contribution in [0.1, 0.15) is 20.7 Å². The molecular weight excluding hydrogens is 459 g/mol. The minimum atomic E-state index is -0.309. The normalized spacial score (nSPS) is 10.5. The molecular formula is C22H18Cl2N2O2S2. The third-order valence-electron chi connectivity index (χ3n) is 4.24. The van der Waals surface area contributed by atoms with Crippen LogP contribution in [0.4, 0.5) is 11.4 Å². The number of rotatable bonds is 6. The Kier molecular flexibility index (Phi) is 7.72. The fourth-order valence-electron chi connectivity index (χ4n) is 2.80. The number of carbonyl (C=O) groups excluding carboxylic acids is 2. The minimum Gasteiger partial charge on any atom is -0.320 e. The molecule has 30 heavy (non-hydrogen) atoms. The fourth-order valence-corrected chi connectivity index (χ4v) is 4.29. The van der Waals surface area contributed by atoms with E-state index in [1.54, 1.807) is 60.7 Å². The van der Waals surface area contributed by atoms with Gasteiger partial charge in [-0.2, -0.15) is 0 Å². The second kappa shape index (κ2) is 10.3. The molecule has 0 fully saturated rings. The summed E-state index contributed by atoms with van der Waals surface area (Å²) in [6.45, 7) is 0. The highest BCUT2D eigenvalue weighted by atomic mass is 35.5. The number of amides is 2. The van der Waals surface area contributed by atoms with Gasteiger partial charge in [0.1, 0.15) is 0 Å². The predicted octanol–water partition coefficient (Wildman–Crippen LogP) is 6.94. The van der Waals surface area contributed by atoms with Gasteiger partial charge in [-0.3, -0.25) is 9.59 Å². The smallest absolute Gasteiger partial charge is 0.256 e. The maximum Gasteiger partial charge on any atom is 0.256 e. The molecule has 0 atom stereocenters. The molecule has 0 aliphatic carbocycles. The monoisotopic (exact) mass is 476 g/mol. The lowest BCUT2D eigenvalue weighted by Crippen LogP contribution is -2.17. The van der Waals surface area contributed by atoms with Gasteiger partial charge in [0.05, 0.1) is 22.5 Å². The molecule has 154 valence electrons. The Morgan fingerprint density at radius 1 is 0.700 bits per heavy atom. The summed E-state index contributed by atoms with van der Waals surface area (Å²) in [5.41, 5.74) is 1.90. The molecule has 0 saturated carbocycles. The van der Waals surface area contributed by atoms with Crippen molar-refractivity contribution in [2.45, 2.75) is 9.79 Å². The molecule has 0 heterocycles. The first kappa shape index (κ1) is 22.6. The van der Waals surface area contributed by atoms with Crippen LogP contribution in [0.5, 0.6) is 0 Å². The first-order valence-electron chi connectivity index (χ1n) is 8.81. The van der Waals surface area contributed by atoms with Crippen molar-refractivity contribution < 1.29 is 9.59 Å². The Bertz CT molecular complexity index is 1020. The van der Waals surface area contributed by atoms with Gasteiger partial charge in [-0.05, 0) is 61.0 Å². The van der Waals surface area contributed by atoms with Gasteiger partial charge in [-0.25, -0.2) is 0 Å². The van der Waals surface area contributed by atoms with Gasteiger partial charge in [0.25, 0.3) is 11.8 Å². The van der Waals surface area contributed by atoms with Crippen LogP contribution in [-0.4, -0.2) is 24.3 Å². The Morgan fingerprint density at radius 2 is 1.10 bits per heavy atom. The second-order valence-electron chi connectivity index (χ2n) is 6.14. The SMILES string of the molecule is CSc1ccc(Cl)cc1C(=O)Nc1ccccc1NC(=O)c1cc(Cl)ccc1SC. The Labute approximate surface area is 193 Å². The summed E-state index contributed by atoms with van der Waals surface area (Å²) in [6, 6.07) is 17.4. The summed E-state index contributed by atoms with van der Waals surface area (Å²) in [5.74, 6) is -0.618. The van der Waals surface area contributed by atoms with Crippen LogP contribution in [0.25, 0.3) is 0 Å². The molecule has 0 aliphatic rings. The first-order chi connectivity index (χ1) is 14.4. The molecule has 0 aliphatic heterocycles. The zero-order valence-electron chi connectivity index (χ0n) is 16.2. The number of hydrogen-bond acceptors (Lipinski definition) is 4. The lowest BCUT2D eigenvalue weighted by molar-refractivity contribution is 0.101. The molecule has 2 amide bonds. The highest BCUT2D eigenvalue weighted by molar-refractivity contribution is 7.99. The van der Waals surface area contributed by atoms with E-state index in [0.29, 0.717) is 32.5 Å². The van der Waals surface area contributed by atoms with Crippen molar-refractivity contribution in [1.29, 1.82) is 0 Å². The van der Waals surface area contributed by atoms with Crippen molar-refractivity contribution in [3.63, 3.8) is 0 Å². The van der Waals surface area contributed by atoms with E-state index < -0.39 is 0 Å². The predicted molar refractivity (Wildman–Crippen MR) is 129 cm³/mol. The molecule has 3 aromatic rings. The third kappa shape index (κ3) is 5.32. The van der Waals surface area contributed by atoms with E-state index in [4.69, 9.17) is 23.2 Å². The van der Waals surface area contributed by atoms with Crippen LogP contribution < -0.4 is 10.6 Å². The lowest BCUT2D eigenvalue weighted by atomic mass is 10.1. The highest BCUT2D eigenvalue weighted by Crippen LogP contribution is 2.29. The number of thioether (sulfide) groups is 2. The molecule has 0 spiro atoms. The molecule has 2 N–H and O–H groups in total. The largest absolute Gasteiger partial charge is 0.320 e. The summed E-state index contributed by atoms with van der Waals surface area (Å²) < 4.78 is 0. The summed E-state index contributed by atoms with van der Waals surface area (Å²) >= 11 is 15.1. The number of halogens is 2. The van der Waals surface area contributed by atoms with Crippen LogP contribution in [0, 0.1) is 0 Å². The highest BCUT2D eigenvalue weighted by Gasteiger charge is 2.17. The van der Waals surface area contributed by atoms with E-state index >= 15 is 0 Å². The average Bonchev–Trinajstić information content (AvgIpc) is 2.75. The van der Waals surface area contributed by atoms with Crippen LogP contribution in [0.2, 0.25) is 10.0 Å². The van der Waals surface area contributed by atoms with Gasteiger partial charge in [0.15, 0.2) is 0 Å². The number of anilines is 2. The number of para-hydroxylation sites is 2. The fraction of sp³-hybridized carbons (Fsp3) is 0.0909. The van der Waals surface area contributed by atoms with Gasteiger partial charge in [-0.1, -0.05) is 35.3 Å². The van der Waals surface area contributed by atoms with Gasteiger partial charge in [0.2, 0.25) is 0 Å². The van der Waals surface area contributed by atoms with Crippen LogP contribution in [0.15, 0.2) is 70.5 Å². The first-order valence-corrected chi connectivity index (χ1v) is 12.0. The number of nitrogens with one attached hydrogen (secondary N) is 2. The topological polar surface area (TPSA) is 58.2 Å². The van der Waals surface area contributed by atoms with E-state index in [9.17, 15) is 9.59 Å². The van der Waals surface area contributed by atoms with E-state index in [-0.39, 0.29) is 11.8 Å². The van der Waals surface area contributed by atoms with Gasteiger partial charge in [-0.15, -0.1) is 23.5 Å². The van der Waals surface area contributed by atoms with Gasteiger partial charge >= 0.3 is 0 Å². The van der Waals surface area contributed by atoms with Crippen molar-refractivity contribution >= 4 is 69.9 Å². The van der Waals surface area contributed by atoms with Gasteiger partial charge in [0, 0.05) is 19.8 Å². The van der Waals surface area contributed by atoms with Crippen LogP contribution >= 0.6 is 46.7 Å². The van der Waals surface area contributed by atoms with E-state index in [0.717, 1.165) is 9.79 Å². The average molecular weight is 477 g/mol. The van der Waals surface area contributed by atoms with Crippen LogP contribution in [-0.2, 0) is 0 Å². The summed E-state index contributed by atoms with van der Waals surface area (Å²) in [5, 5.41) is 6.69. The van der Waals surface area contributed by atoms with E-state index in [1.807, 2.05) is 12.5 Å². The molecule has 3 aromatic carbocycles. The minimum absolute atomic E-state index is 0.309. The van der Waals surface area contributed by atoms with Crippen molar-refractivity contribution in [1.82, 2.24) is 0 Å². The molecule has 0 aromatic heterocycles. The number of benzene rings is 3. The van der Waals surface area contributed by atoms with Crippen LogP contribution in [0.3, 0.4) is 0 Å². The summed E-state index contributed by atoms with van der Waals surface area (Å²) in [4.78, 5) is 27.4. The second-order valence-corrected chi connectivity index (χ2v) is 8.71. The van der Waals surface area contributed by atoms with E-state index in [2.05, 4.69) is 10.6 Å². The Balaban J connectivity index is 1.87. The molecule has 3 rings (SSSR count). The zero-order chi connectivity index (χ0) is 21.7. The lowest BCUT2D eigenvalue weighted by Gasteiger charge is -2.14. The van der Waals surface area contributed by atoms with Crippen molar-refractivity contribution in [2.24, 2.45) is 0 Å². The summed E-state index contributed by atoms with van der Waals surface area (Å²) in [6.07, 6.45) is 3.78. The Morgan fingerprint density at radius 3 is 1.47 bits per heavy atom. The van der Waals surface area contributed by atoms with E-state index in [1.165, 1.54) is 23.5 Å². The van der Waals surface area contributed by atoms with Crippen molar-refractivity contribution in [3.8, 4) is 0 Å². The number of carbonyl (C=O) groups is 2. The third-order valence-corrected chi connectivity index (χ3v) is 6.30. The molecule has 8 heteroatoms.